The largest absolute Gasteiger partial charge is 0.473 e. The van der Waals surface area contributed by atoms with E-state index in [1.807, 2.05) is 36.4 Å². The zero-order chi connectivity index (χ0) is 27.0. The summed E-state index contributed by atoms with van der Waals surface area (Å²) in [6, 6.07) is 26.4. The summed E-state index contributed by atoms with van der Waals surface area (Å²) in [4.78, 5) is 20.5. The molecule has 0 bridgehead atoms. The molecule has 9 heteroatoms. The summed E-state index contributed by atoms with van der Waals surface area (Å²) < 4.78 is 31.9. The summed E-state index contributed by atoms with van der Waals surface area (Å²) in [6.45, 7) is 2.96. The summed E-state index contributed by atoms with van der Waals surface area (Å²) in [5.41, 5.74) is 2.00. The third-order valence-electron chi connectivity index (χ3n) is 6.07. The quantitative estimate of drug-likeness (QED) is 0.464. The van der Waals surface area contributed by atoms with Gasteiger partial charge in [-0.3, -0.25) is 4.90 Å². The Labute approximate surface area is 219 Å². The maximum Gasteiger partial charge on any atom is 0.414 e. The minimum Gasteiger partial charge on any atom is -0.473 e. The second kappa shape index (κ2) is 12.5. The predicted molar refractivity (Wildman–Crippen MR) is 136 cm³/mol. The molecule has 198 valence electrons. The van der Waals surface area contributed by atoms with Gasteiger partial charge >= 0.3 is 11.9 Å². The Balaban J connectivity index is 0.000000505. The Morgan fingerprint density at radius 1 is 0.921 bits per heavy atom. The highest BCUT2D eigenvalue weighted by molar-refractivity contribution is 6.27. The molecule has 0 radical (unpaired) electrons. The number of carbonyl (C=O) groups is 2. The molecule has 1 saturated heterocycles. The van der Waals surface area contributed by atoms with Gasteiger partial charge in [-0.1, -0.05) is 60.7 Å². The average Bonchev–Trinajstić information content (AvgIpc) is 3.37. The number of carboxylic acids is 2. The maximum absolute atomic E-state index is 13.1. The third-order valence-corrected chi connectivity index (χ3v) is 6.07. The summed E-state index contributed by atoms with van der Waals surface area (Å²) in [6.07, 6.45) is 2.85. The number of halogens is 1. The Morgan fingerprint density at radius 3 is 2.00 bits per heavy atom. The SMILES string of the molecule is Fc1ccc(OC2=CCN(CC3COC(c4ccccc4)(c4ccccc4)O3)CC2)cc1.O=C(O)C(=O)O. The van der Waals surface area contributed by atoms with E-state index in [0.717, 1.165) is 42.9 Å². The summed E-state index contributed by atoms with van der Waals surface area (Å²) in [5.74, 6) is -3.21. The Morgan fingerprint density at radius 2 is 1.50 bits per heavy atom. The van der Waals surface area contributed by atoms with Crippen LogP contribution in [0.15, 0.2) is 96.8 Å². The molecule has 1 unspecified atom stereocenters. The zero-order valence-electron chi connectivity index (χ0n) is 20.5. The smallest absolute Gasteiger partial charge is 0.414 e. The van der Waals surface area contributed by atoms with Crippen molar-refractivity contribution in [1.29, 1.82) is 0 Å². The van der Waals surface area contributed by atoms with Crippen molar-refractivity contribution in [2.45, 2.75) is 18.3 Å². The lowest BCUT2D eigenvalue weighted by Crippen LogP contribution is -2.38. The number of rotatable bonds is 6. The Bertz CT molecular complexity index is 1200. The first-order chi connectivity index (χ1) is 18.4. The zero-order valence-corrected chi connectivity index (χ0v) is 20.5. The van der Waals surface area contributed by atoms with Gasteiger partial charge in [-0.15, -0.1) is 0 Å². The molecule has 0 spiro atoms. The van der Waals surface area contributed by atoms with E-state index < -0.39 is 17.7 Å². The van der Waals surface area contributed by atoms with E-state index >= 15 is 0 Å². The fourth-order valence-corrected chi connectivity index (χ4v) is 4.28. The molecule has 1 fully saturated rings. The lowest BCUT2D eigenvalue weighted by Gasteiger charge is -2.31. The average molecular weight is 522 g/mol. The van der Waals surface area contributed by atoms with Crippen LogP contribution in [0.4, 0.5) is 4.39 Å². The van der Waals surface area contributed by atoms with Gasteiger partial charge in [0.15, 0.2) is 0 Å². The normalized spacial score (nSPS) is 18.6. The fourth-order valence-electron chi connectivity index (χ4n) is 4.28. The summed E-state index contributed by atoms with van der Waals surface area (Å²) in [7, 11) is 0. The Hall–Kier alpha value is -4.05. The van der Waals surface area contributed by atoms with E-state index in [1.54, 1.807) is 12.1 Å². The van der Waals surface area contributed by atoms with Crippen LogP contribution in [0.25, 0.3) is 0 Å². The summed E-state index contributed by atoms with van der Waals surface area (Å²) >= 11 is 0. The molecule has 2 N–H and O–H groups in total. The van der Waals surface area contributed by atoms with Crippen molar-refractivity contribution < 1.29 is 38.4 Å². The monoisotopic (exact) mass is 521 g/mol. The van der Waals surface area contributed by atoms with Crippen molar-refractivity contribution >= 4 is 11.9 Å². The van der Waals surface area contributed by atoms with Gasteiger partial charge < -0.3 is 24.4 Å². The second-order valence-corrected chi connectivity index (χ2v) is 8.75. The topological polar surface area (TPSA) is 106 Å². The van der Waals surface area contributed by atoms with Crippen molar-refractivity contribution in [3.8, 4) is 5.75 Å². The molecule has 0 aromatic heterocycles. The van der Waals surface area contributed by atoms with Gasteiger partial charge in [-0.05, 0) is 30.3 Å². The number of hydrogen-bond acceptors (Lipinski definition) is 6. The highest BCUT2D eigenvalue weighted by Gasteiger charge is 2.45. The number of hydrogen-bond donors (Lipinski definition) is 2. The van der Waals surface area contributed by atoms with Gasteiger partial charge in [0.25, 0.3) is 0 Å². The molecular formula is C29H28FNO7. The number of aliphatic carboxylic acids is 2. The Kier molecular flexibility index (Phi) is 8.85. The van der Waals surface area contributed by atoms with Crippen LogP contribution in [0.2, 0.25) is 0 Å². The molecule has 2 aliphatic heterocycles. The molecule has 0 amide bonds. The van der Waals surface area contributed by atoms with Crippen molar-refractivity contribution in [3.05, 3.63) is 114 Å². The van der Waals surface area contributed by atoms with E-state index in [-0.39, 0.29) is 11.9 Å². The minimum atomic E-state index is -1.82. The molecule has 0 aliphatic carbocycles. The maximum atomic E-state index is 13.1. The van der Waals surface area contributed by atoms with Gasteiger partial charge in [-0.2, -0.15) is 0 Å². The van der Waals surface area contributed by atoms with Crippen LogP contribution in [-0.4, -0.2) is 59.4 Å². The highest BCUT2D eigenvalue weighted by Crippen LogP contribution is 2.40. The van der Waals surface area contributed by atoms with Crippen LogP contribution in [0.5, 0.6) is 5.75 Å². The van der Waals surface area contributed by atoms with E-state index in [1.165, 1.54) is 12.1 Å². The van der Waals surface area contributed by atoms with Gasteiger partial charge in [0.05, 0.1) is 12.7 Å². The van der Waals surface area contributed by atoms with E-state index in [0.29, 0.717) is 12.4 Å². The lowest BCUT2D eigenvalue weighted by atomic mass is 9.97. The number of benzene rings is 3. The number of carboxylic acid groups (broad SMARTS) is 2. The molecule has 3 aromatic rings. The standard InChI is InChI=1S/C27H26FNO3.C2H2O4/c28-23-11-13-24(14-12-23)31-25-15-17-29(18-16-25)19-26-20-30-27(32-26,21-7-3-1-4-8-21)22-9-5-2-6-10-22;3-1(4)2(5)6/h1-15,26H,16-20H2;(H,3,4)(H,5,6). The van der Waals surface area contributed by atoms with Crippen LogP contribution in [-0.2, 0) is 24.8 Å². The first-order valence-corrected chi connectivity index (χ1v) is 12.1. The molecular weight excluding hydrogens is 493 g/mol. The van der Waals surface area contributed by atoms with Crippen molar-refractivity contribution in [1.82, 2.24) is 4.90 Å². The van der Waals surface area contributed by atoms with Crippen molar-refractivity contribution in [2.75, 3.05) is 26.2 Å². The number of ether oxygens (including phenoxy) is 3. The fraction of sp³-hybridized carbons (Fsp3) is 0.241. The number of nitrogens with zero attached hydrogens (tertiary/aromatic N) is 1. The summed E-state index contributed by atoms with van der Waals surface area (Å²) in [5, 5.41) is 14.8. The van der Waals surface area contributed by atoms with Crippen LogP contribution in [0.1, 0.15) is 17.5 Å². The van der Waals surface area contributed by atoms with E-state index in [9.17, 15) is 4.39 Å². The molecule has 38 heavy (non-hydrogen) atoms. The molecule has 5 rings (SSSR count). The van der Waals surface area contributed by atoms with Crippen molar-refractivity contribution in [2.24, 2.45) is 0 Å². The van der Waals surface area contributed by atoms with Crippen LogP contribution >= 0.6 is 0 Å². The lowest BCUT2D eigenvalue weighted by molar-refractivity contribution is -0.159. The first kappa shape index (κ1) is 27.0. The molecule has 2 aliphatic rings. The van der Waals surface area contributed by atoms with Gasteiger partial charge in [-0.25, -0.2) is 14.0 Å². The minimum absolute atomic E-state index is 0.0385. The molecule has 1 atom stereocenters. The third kappa shape index (κ3) is 6.83. The van der Waals surface area contributed by atoms with Gasteiger partial charge in [0, 0.05) is 37.2 Å². The molecule has 8 nitrogen and oxygen atoms in total. The molecule has 0 saturated carbocycles. The van der Waals surface area contributed by atoms with E-state index in [2.05, 4.69) is 35.2 Å². The van der Waals surface area contributed by atoms with Crippen molar-refractivity contribution in [3.63, 3.8) is 0 Å². The van der Waals surface area contributed by atoms with Crippen LogP contribution in [0, 0.1) is 5.82 Å². The first-order valence-electron chi connectivity index (χ1n) is 12.1. The van der Waals surface area contributed by atoms with E-state index in [4.69, 9.17) is 34.0 Å². The highest BCUT2D eigenvalue weighted by atomic mass is 19.1. The van der Waals surface area contributed by atoms with Gasteiger partial charge in [0.2, 0.25) is 5.79 Å². The molecule has 2 heterocycles. The molecule has 3 aromatic carbocycles. The van der Waals surface area contributed by atoms with Crippen LogP contribution < -0.4 is 4.74 Å². The second-order valence-electron chi connectivity index (χ2n) is 8.75. The predicted octanol–water partition coefficient (Wildman–Crippen LogP) is 4.27. The van der Waals surface area contributed by atoms with Gasteiger partial charge in [0.1, 0.15) is 17.3 Å². The van der Waals surface area contributed by atoms with Crippen LogP contribution in [0.3, 0.4) is 0 Å².